The van der Waals surface area contributed by atoms with Gasteiger partial charge in [-0.3, -0.25) is 24.6 Å². The number of anilines is 1. The van der Waals surface area contributed by atoms with Gasteiger partial charge in [0.05, 0.1) is 6.04 Å². The molecule has 2 atom stereocenters. The standard InChI is InChI=1S/C22H33N3O5/c1-22(2,3)30-21(29)17(9-6-7-13-23)24-16-12-11-15-8-4-5-10-18(15)25(20(16)28)14-19(26)27/h4-5,8,10,16-17,24H,6-7,9,11-14,23H2,1-3H3,(H,26,27)/t16-,17-/m0/s1. The second-order valence-corrected chi connectivity index (χ2v) is 8.58. The number of nitrogens with one attached hydrogen (secondary N) is 1. The van der Waals surface area contributed by atoms with E-state index in [9.17, 15) is 19.5 Å². The summed E-state index contributed by atoms with van der Waals surface area (Å²) in [4.78, 5) is 38.7. The van der Waals surface area contributed by atoms with Crippen LogP contribution in [-0.2, 0) is 25.5 Å². The Morgan fingerprint density at radius 1 is 1.30 bits per heavy atom. The fraction of sp³-hybridized carbons (Fsp3) is 0.591. The third kappa shape index (κ3) is 6.81. The van der Waals surface area contributed by atoms with Gasteiger partial charge in [0.25, 0.3) is 0 Å². The summed E-state index contributed by atoms with van der Waals surface area (Å²) in [6.07, 6.45) is 3.02. The van der Waals surface area contributed by atoms with Crippen molar-refractivity contribution in [1.29, 1.82) is 0 Å². The molecule has 8 nitrogen and oxygen atoms in total. The molecule has 0 bridgehead atoms. The molecule has 8 heteroatoms. The lowest BCUT2D eigenvalue weighted by Gasteiger charge is -2.29. The van der Waals surface area contributed by atoms with Gasteiger partial charge in [-0.2, -0.15) is 0 Å². The first kappa shape index (κ1) is 23.8. The summed E-state index contributed by atoms with van der Waals surface area (Å²) in [6.45, 7) is 5.47. The summed E-state index contributed by atoms with van der Waals surface area (Å²) in [5, 5.41) is 12.5. The van der Waals surface area contributed by atoms with E-state index in [1.54, 1.807) is 32.9 Å². The van der Waals surface area contributed by atoms with E-state index in [-0.39, 0.29) is 5.91 Å². The van der Waals surface area contributed by atoms with Crippen molar-refractivity contribution >= 4 is 23.5 Å². The number of unbranched alkanes of at least 4 members (excludes halogenated alkanes) is 1. The van der Waals surface area contributed by atoms with Gasteiger partial charge >= 0.3 is 11.9 Å². The Morgan fingerprint density at radius 2 is 2.00 bits per heavy atom. The molecular formula is C22H33N3O5. The average molecular weight is 420 g/mol. The van der Waals surface area contributed by atoms with Crippen molar-refractivity contribution in [1.82, 2.24) is 5.32 Å². The molecule has 1 heterocycles. The number of carboxylic acids is 1. The van der Waals surface area contributed by atoms with Gasteiger partial charge in [0.1, 0.15) is 18.2 Å². The second-order valence-electron chi connectivity index (χ2n) is 8.58. The van der Waals surface area contributed by atoms with Gasteiger partial charge in [-0.25, -0.2) is 0 Å². The quantitative estimate of drug-likeness (QED) is 0.412. The smallest absolute Gasteiger partial charge is 0.323 e. The maximum absolute atomic E-state index is 13.2. The molecular weight excluding hydrogens is 386 g/mol. The van der Waals surface area contributed by atoms with Gasteiger partial charge in [0.15, 0.2) is 0 Å². The predicted molar refractivity (Wildman–Crippen MR) is 114 cm³/mol. The number of fused-ring (bicyclic) bond motifs is 1. The molecule has 1 aliphatic rings. The number of benzene rings is 1. The summed E-state index contributed by atoms with van der Waals surface area (Å²) in [5.41, 5.74) is 6.44. The van der Waals surface area contributed by atoms with Crippen molar-refractivity contribution in [3.8, 4) is 0 Å². The number of carboxylic acid groups (broad SMARTS) is 1. The number of nitrogens with two attached hydrogens (primary N) is 1. The summed E-state index contributed by atoms with van der Waals surface area (Å²) in [6, 6.07) is 5.94. The van der Waals surface area contributed by atoms with Crippen LogP contribution in [0.25, 0.3) is 0 Å². The van der Waals surface area contributed by atoms with E-state index >= 15 is 0 Å². The van der Waals surface area contributed by atoms with E-state index in [4.69, 9.17) is 10.5 Å². The number of hydrogen-bond acceptors (Lipinski definition) is 6. The first-order valence-corrected chi connectivity index (χ1v) is 10.4. The summed E-state index contributed by atoms with van der Waals surface area (Å²) < 4.78 is 5.54. The van der Waals surface area contributed by atoms with Crippen LogP contribution in [0.5, 0.6) is 0 Å². The minimum Gasteiger partial charge on any atom is -0.480 e. The van der Waals surface area contributed by atoms with E-state index in [1.807, 2.05) is 12.1 Å². The molecule has 0 unspecified atom stereocenters. The molecule has 0 aromatic heterocycles. The second kappa shape index (κ2) is 10.5. The van der Waals surface area contributed by atoms with Crippen molar-refractivity contribution in [2.24, 2.45) is 5.73 Å². The lowest BCUT2D eigenvalue weighted by Crippen LogP contribution is -2.53. The highest BCUT2D eigenvalue weighted by Crippen LogP contribution is 2.27. The highest BCUT2D eigenvalue weighted by molar-refractivity contribution is 6.02. The summed E-state index contributed by atoms with van der Waals surface area (Å²) in [7, 11) is 0. The molecule has 166 valence electrons. The zero-order chi connectivity index (χ0) is 22.3. The Bertz CT molecular complexity index is 759. The number of aryl methyl sites for hydroxylation is 1. The van der Waals surface area contributed by atoms with E-state index in [0.29, 0.717) is 37.9 Å². The van der Waals surface area contributed by atoms with Gasteiger partial charge in [-0.1, -0.05) is 24.6 Å². The number of hydrogen-bond donors (Lipinski definition) is 3. The maximum atomic E-state index is 13.2. The fourth-order valence-electron chi connectivity index (χ4n) is 3.55. The van der Waals surface area contributed by atoms with Crippen molar-refractivity contribution < 1.29 is 24.2 Å². The fourth-order valence-corrected chi connectivity index (χ4v) is 3.55. The molecule has 0 saturated heterocycles. The third-order valence-electron chi connectivity index (χ3n) is 4.88. The van der Waals surface area contributed by atoms with Crippen LogP contribution in [0.1, 0.15) is 52.0 Å². The van der Waals surface area contributed by atoms with Gasteiger partial charge in [-0.15, -0.1) is 0 Å². The molecule has 0 saturated carbocycles. The minimum absolute atomic E-state index is 0.352. The van der Waals surface area contributed by atoms with Gasteiger partial charge < -0.3 is 15.6 Å². The number of carbonyl (C=O) groups excluding carboxylic acids is 2. The number of esters is 1. The van der Waals surface area contributed by atoms with E-state index < -0.39 is 36.2 Å². The van der Waals surface area contributed by atoms with Crippen LogP contribution in [0.15, 0.2) is 24.3 Å². The highest BCUT2D eigenvalue weighted by atomic mass is 16.6. The van der Waals surface area contributed by atoms with Crippen LogP contribution in [-0.4, -0.2) is 53.7 Å². The molecule has 30 heavy (non-hydrogen) atoms. The van der Waals surface area contributed by atoms with Crippen molar-refractivity contribution in [2.45, 2.75) is 70.6 Å². The summed E-state index contributed by atoms with van der Waals surface area (Å²) in [5.74, 6) is -1.86. The Hall–Kier alpha value is -2.45. The van der Waals surface area contributed by atoms with Crippen LogP contribution >= 0.6 is 0 Å². The van der Waals surface area contributed by atoms with E-state index in [1.165, 1.54) is 4.90 Å². The molecule has 1 amide bonds. The monoisotopic (exact) mass is 419 g/mol. The molecule has 1 aliphatic heterocycles. The number of para-hydroxylation sites is 1. The highest BCUT2D eigenvalue weighted by Gasteiger charge is 2.35. The number of aliphatic carboxylic acids is 1. The average Bonchev–Trinajstić information content (AvgIpc) is 2.78. The number of nitrogens with zero attached hydrogens (tertiary/aromatic N) is 1. The largest absolute Gasteiger partial charge is 0.480 e. The van der Waals surface area contributed by atoms with E-state index in [2.05, 4.69) is 5.32 Å². The first-order chi connectivity index (χ1) is 14.1. The zero-order valence-corrected chi connectivity index (χ0v) is 18.0. The van der Waals surface area contributed by atoms with Crippen molar-refractivity contribution in [3.63, 3.8) is 0 Å². The number of amides is 1. The molecule has 0 radical (unpaired) electrons. The Labute approximate surface area is 177 Å². The Balaban J connectivity index is 2.24. The van der Waals surface area contributed by atoms with E-state index in [0.717, 1.165) is 12.0 Å². The van der Waals surface area contributed by atoms with Crippen molar-refractivity contribution in [3.05, 3.63) is 29.8 Å². The molecule has 1 aromatic carbocycles. The molecule has 0 spiro atoms. The van der Waals surface area contributed by atoms with Gasteiger partial charge in [0, 0.05) is 5.69 Å². The van der Waals surface area contributed by atoms with Crippen LogP contribution in [0.3, 0.4) is 0 Å². The lowest BCUT2D eigenvalue weighted by molar-refractivity contribution is -0.158. The SMILES string of the molecule is CC(C)(C)OC(=O)[C@H](CCCCN)N[C@H]1CCc2ccccc2N(CC(=O)O)C1=O. The maximum Gasteiger partial charge on any atom is 0.323 e. The molecule has 0 aliphatic carbocycles. The third-order valence-corrected chi connectivity index (χ3v) is 4.88. The Kier molecular flexibility index (Phi) is 8.37. The number of ether oxygens (including phenoxy) is 1. The normalized spacial score (nSPS) is 17.8. The number of carbonyl (C=O) groups is 3. The molecule has 1 aromatic rings. The molecule has 4 N–H and O–H groups in total. The van der Waals surface area contributed by atoms with Crippen molar-refractivity contribution in [2.75, 3.05) is 18.0 Å². The summed E-state index contributed by atoms with van der Waals surface area (Å²) >= 11 is 0. The molecule has 2 rings (SSSR count). The molecule has 0 fully saturated rings. The van der Waals surface area contributed by atoms with Crippen LogP contribution in [0.4, 0.5) is 5.69 Å². The predicted octanol–water partition coefficient (Wildman–Crippen LogP) is 1.85. The van der Waals surface area contributed by atoms with Gasteiger partial charge in [0.2, 0.25) is 5.91 Å². The number of rotatable bonds is 9. The first-order valence-electron chi connectivity index (χ1n) is 10.4. The van der Waals surface area contributed by atoms with Gasteiger partial charge in [-0.05, 0) is 64.6 Å². The zero-order valence-electron chi connectivity index (χ0n) is 18.0. The topological polar surface area (TPSA) is 122 Å². The van der Waals surface area contributed by atoms with Crippen LogP contribution < -0.4 is 16.0 Å². The van der Waals surface area contributed by atoms with Crippen LogP contribution in [0, 0.1) is 0 Å². The van der Waals surface area contributed by atoms with Crippen LogP contribution in [0.2, 0.25) is 0 Å². The Morgan fingerprint density at radius 3 is 2.63 bits per heavy atom. The lowest BCUT2D eigenvalue weighted by atomic mass is 10.0. The minimum atomic E-state index is -1.09.